The highest BCUT2D eigenvalue weighted by Gasteiger charge is 2.49. The molecule has 1 fully saturated rings. The number of carbonyl (C=O) groups excluding carboxylic acids is 1. The molecule has 0 aromatic carbocycles. The summed E-state index contributed by atoms with van der Waals surface area (Å²) in [6.45, 7) is 7.53. The van der Waals surface area contributed by atoms with Crippen LogP contribution < -0.4 is 0 Å². The topological polar surface area (TPSA) is 126 Å². The van der Waals surface area contributed by atoms with Crippen molar-refractivity contribution in [3.05, 3.63) is 0 Å². The molecule has 8 heteroatoms. The van der Waals surface area contributed by atoms with Crippen molar-refractivity contribution in [3.63, 3.8) is 0 Å². The van der Waals surface area contributed by atoms with Crippen molar-refractivity contribution >= 4 is 5.97 Å². The molecule has 4 N–H and O–H groups in total. The van der Waals surface area contributed by atoms with E-state index in [1.807, 2.05) is 0 Å². The third-order valence-corrected chi connectivity index (χ3v) is 9.82. The summed E-state index contributed by atoms with van der Waals surface area (Å²) in [6, 6.07) is 0. The van der Waals surface area contributed by atoms with E-state index in [2.05, 4.69) is 20.8 Å². The molecular formula is C39H76O8. The normalized spacial score (nSPS) is 21.3. The first-order valence-electron chi connectivity index (χ1n) is 19.9. The largest absolute Gasteiger partial charge is 0.457 e. The molecule has 1 saturated carbocycles. The second-order valence-electron chi connectivity index (χ2n) is 14.5. The van der Waals surface area contributed by atoms with Crippen LogP contribution in [-0.2, 0) is 19.0 Å². The minimum absolute atomic E-state index is 0.0976. The molecule has 0 amide bonds. The van der Waals surface area contributed by atoms with Gasteiger partial charge in [0.05, 0.1) is 13.2 Å². The fourth-order valence-electron chi connectivity index (χ4n) is 6.56. The van der Waals surface area contributed by atoms with Gasteiger partial charge in [0.15, 0.2) is 0 Å². The van der Waals surface area contributed by atoms with E-state index in [0.29, 0.717) is 13.0 Å². The van der Waals surface area contributed by atoms with Gasteiger partial charge in [-0.25, -0.2) is 0 Å². The van der Waals surface area contributed by atoms with E-state index in [4.69, 9.17) is 14.2 Å². The van der Waals surface area contributed by atoms with Gasteiger partial charge < -0.3 is 34.6 Å². The molecule has 0 saturated heterocycles. The molecule has 0 aromatic heterocycles. The lowest BCUT2D eigenvalue weighted by atomic mass is 9.96. The maximum Gasteiger partial charge on any atom is 0.306 e. The summed E-state index contributed by atoms with van der Waals surface area (Å²) in [5, 5.41) is 40.1. The maximum absolute atomic E-state index is 12.6. The molecular weight excluding hydrogens is 596 g/mol. The fourth-order valence-corrected chi connectivity index (χ4v) is 6.56. The van der Waals surface area contributed by atoms with Crippen LogP contribution in [0.2, 0.25) is 0 Å². The molecule has 1 rings (SSSR count). The number of unbranched alkanes of at least 4 members (excludes halogenated alkanes) is 19. The van der Waals surface area contributed by atoms with Gasteiger partial charge in [0, 0.05) is 13.0 Å². The van der Waals surface area contributed by atoms with E-state index in [1.165, 1.54) is 122 Å². The highest BCUT2D eigenvalue weighted by molar-refractivity contribution is 5.69. The maximum atomic E-state index is 12.6. The molecule has 0 radical (unpaired) electrons. The molecule has 0 heterocycles. The Morgan fingerprint density at radius 3 is 1.49 bits per heavy atom. The second kappa shape index (κ2) is 30.1. The zero-order chi connectivity index (χ0) is 34.5. The molecule has 0 aliphatic heterocycles. The van der Waals surface area contributed by atoms with Crippen LogP contribution in [0.1, 0.15) is 181 Å². The lowest BCUT2D eigenvalue weighted by Crippen LogP contribution is -2.39. The molecule has 8 nitrogen and oxygen atoms in total. The zero-order valence-electron chi connectivity index (χ0n) is 30.8. The third-order valence-electron chi connectivity index (χ3n) is 9.82. The first-order chi connectivity index (χ1) is 22.8. The van der Waals surface area contributed by atoms with Crippen LogP contribution in [0.4, 0.5) is 0 Å². The molecule has 1 aliphatic carbocycles. The number of hydrogen-bond acceptors (Lipinski definition) is 8. The Hall–Kier alpha value is -0.770. The van der Waals surface area contributed by atoms with E-state index >= 15 is 0 Å². The first-order valence-corrected chi connectivity index (χ1v) is 19.9. The predicted molar refractivity (Wildman–Crippen MR) is 190 cm³/mol. The first kappa shape index (κ1) is 44.3. The van der Waals surface area contributed by atoms with Crippen molar-refractivity contribution in [2.24, 2.45) is 5.92 Å². The molecule has 280 valence electrons. The van der Waals surface area contributed by atoms with Gasteiger partial charge in [0.2, 0.25) is 0 Å². The van der Waals surface area contributed by atoms with Crippen molar-refractivity contribution in [1.82, 2.24) is 0 Å². The van der Waals surface area contributed by atoms with E-state index < -0.39 is 36.6 Å². The third kappa shape index (κ3) is 22.5. The van der Waals surface area contributed by atoms with Crippen LogP contribution in [0.15, 0.2) is 0 Å². The van der Waals surface area contributed by atoms with Crippen molar-refractivity contribution in [2.75, 3.05) is 19.8 Å². The molecule has 0 bridgehead atoms. The summed E-state index contributed by atoms with van der Waals surface area (Å²) < 4.78 is 17.2. The molecule has 6 atom stereocenters. The van der Waals surface area contributed by atoms with Crippen LogP contribution in [0.3, 0.4) is 0 Å². The monoisotopic (exact) mass is 673 g/mol. The number of aliphatic hydroxyl groups excluding tert-OH is 4. The molecule has 47 heavy (non-hydrogen) atoms. The average Bonchev–Trinajstić information content (AvgIpc) is 3.24. The van der Waals surface area contributed by atoms with Gasteiger partial charge in [0.25, 0.3) is 0 Å². The number of ether oxygens (including phenoxy) is 3. The Morgan fingerprint density at radius 1 is 0.553 bits per heavy atom. The Labute approximate surface area is 288 Å². The lowest BCUT2D eigenvalue weighted by Gasteiger charge is -2.24. The van der Waals surface area contributed by atoms with Gasteiger partial charge in [-0.05, 0) is 18.8 Å². The zero-order valence-corrected chi connectivity index (χ0v) is 30.8. The highest BCUT2D eigenvalue weighted by atomic mass is 16.6. The highest BCUT2D eigenvalue weighted by Crippen LogP contribution is 2.25. The van der Waals surface area contributed by atoms with Gasteiger partial charge in [-0.2, -0.15) is 0 Å². The number of hydrogen-bond donors (Lipinski definition) is 4. The molecule has 1 aliphatic rings. The molecule has 2 unspecified atom stereocenters. The van der Waals surface area contributed by atoms with Gasteiger partial charge in [-0.3, -0.25) is 4.79 Å². The summed E-state index contributed by atoms with van der Waals surface area (Å²) in [5.41, 5.74) is 0. The standard InChI is InChI=1S/C39H76O8/c1-4-6-8-10-11-12-13-14-17-20-24-28-34(40)47-33(31-46-39-37(43)35(41)36(42)38(39)44)30-45-29-25-21-18-15-16-19-23-27-32(3)26-22-9-7-5-2/h32-33,35-39,41-44H,4-31H2,1-3H3/t32?,33?,35-,36-,37+,38+/m1/s1. The van der Waals surface area contributed by atoms with Gasteiger partial charge >= 0.3 is 5.97 Å². The van der Waals surface area contributed by atoms with E-state index in [-0.39, 0.29) is 19.2 Å². The Kier molecular flexibility index (Phi) is 28.3. The number of rotatable bonds is 33. The minimum Gasteiger partial charge on any atom is -0.457 e. The van der Waals surface area contributed by atoms with Gasteiger partial charge in [0.1, 0.15) is 36.6 Å². The lowest BCUT2D eigenvalue weighted by molar-refractivity contribution is -0.163. The smallest absolute Gasteiger partial charge is 0.306 e. The van der Waals surface area contributed by atoms with E-state index in [0.717, 1.165) is 38.0 Å². The van der Waals surface area contributed by atoms with Crippen LogP contribution >= 0.6 is 0 Å². The summed E-state index contributed by atoms with van der Waals surface area (Å²) in [6.07, 6.45) is 22.5. The van der Waals surface area contributed by atoms with Crippen molar-refractivity contribution in [3.8, 4) is 0 Å². The minimum atomic E-state index is -1.49. The quantitative estimate of drug-likeness (QED) is 0.0406. The van der Waals surface area contributed by atoms with Crippen LogP contribution in [0, 0.1) is 5.92 Å². The van der Waals surface area contributed by atoms with Crippen molar-refractivity contribution in [2.45, 2.75) is 218 Å². The van der Waals surface area contributed by atoms with E-state index in [9.17, 15) is 25.2 Å². The van der Waals surface area contributed by atoms with Crippen LogP contribution in [0.5, 0.6) is 0 Å². The summed E-state index contributed by atoms with van der Waals surface area (Å²) in [5.74, 6) is 0.546. The van der Waals surface area contributed by atoms with Gasteiger partial charge in [-0.15, -0.1) is 0 Å². The molecule has 0 aromatic rings. The summed E-state index contributed by atoms with van der Waals surface area (Å²) >= 11 is 0. The number of aliphatic hydroxyl groups is 4. The van der Waals surface area contributed by atoms with Crippen LogP contribution in [-0.4, -0.2) is 82.8 Å². The summed E-state index contributed by atoms with van der Waals surface area (Å²) in [4.78, 5) is 12.6. The number of esters is 1. The van der Waals surface area contributed by atoms with Crippen molar-refractivity contribution in [1.29, 1.82) is 0 Å². The van der Waals surface area contributed by atoms with Crippen molar-refractivity contribution < 1.29 is 39.4 Å². The number of carbonyl (C=O) groups is 1. The van der Waals surface area contributed by atoms with Gasteiger partial charge in [-0.1, -0.05) is 162 Å². The Morgan fingerprint density at radius 2 is 0.979 bits per heavy atom. The Balaban J connectivity index is 2.24. The predicted octanol–water partition coefficient (Wildman–Crippen LogP) is 8.19. The summed E-state index contributed by atoms with van der Waals surface area (Å²) in [7, 11) is 0. The van der Waals surface area contributed by atoms with E-state index in [1.54, 1.807) is 0 Å². The SMILES string of the molecule is CCCCCCCCCCCCCC(=O)OC(COCCCCCCCCCC(C)CCCCCC)COC1[C@@H](O)[C@H](O)[C@@H](O)[C@@H]1O. The van der Waals surface area contributed by atoms with Crippen LogP contribution in [0.25, 0.3) is 0 Å². The second-order valence-corrected chi connectivity index (χ2v) is 14.5. The average molecular weight is 673 g/mol. The Bertz CT molecular complexity index is 692. The molecule has 0 spiro atoms. The fraction of sp³-hybridized carbons (Fsp3) is 0.974.